The minimum absolute atomic E-state index is 0.236. The molecule has 0 bridgehead atoms. The zero-order valence-electron chi connectivity index (χ0n) is 13.1. The van der Waals surface area contributed by atoms with Crippen LogP contribution in [0.3, 0.4) is 0 Å². The van der Waals surface area contributed by atoms with Crippen molar-refractivity contribution in [1.82, 2.24) is 14.5 Å². The van der Waals surface area contributed by atoms with Gasteiger partial charge in [-0.2, -0.15) is 0 Å². The lowest BCUT2D eigenvalue weighted by atomic mass is 10.2. The van der Waals surface area contributed by atoms with Gasteiger partial charge in [0.15, 0.2) is 0 Å². The van der Waals surface area contributed by atoms with Gasteiger partial charge in [-0.25, -0.2) is 12.7 Å². The van der Waals surface area contributed by atoms with Gasteiger partial charge in [0.05, 0.1) is 4.90 Å². The summed E-state index contributed by atoms with van der Waals surface area (Å²) in [6.07, 6.45) is 0.786. The molecule has 1 N–H and O–H groups in total. The van der Waals surface area contributed by atoms with E-state index >= 15 is 0 Å². The van der Waals surface area contributed by atoms with Crippen LogP contribution in [0.4, 0.5) is 0 Å². The first kappa shape index (κ1) is 18.4. The lowest BCUT2D eigenvalue weighted by Crippen LogP contribution is -2.30. The zero-order chi connectivity index (χ0) is 16.0. The summed E-state index contributed by atoms with van der Waals surface area (Å²) in [5.74, 6) is 0. The molecular formula is C14H24ClN3O2S. The van der Waals surface area contributed by atoms with Gasteiger partial charge in [-0.3, -0.25) is 0 Å². The van der Waals surface area contributed by atoms with Crippen LogP contribution in [0.15, 0.2) is 23.1 Å². The topological polar surface area (TPSA) is 52.7 Å². The number of benzene rings is 1. The molecule has 0 saturated heterocycles. The summed E-state index contributed by atoms with van der Waals surface area (Å²) in [5, 5.41) is 3.46. The van der Waals surface area contributed by atoms with Crippen LogP contribution in [0.25, 0.3) is 0 Å². The quantitative estimate of drug-likeness (QED) is 0.785. The van der Waals surface area contributed by atoms with Crippen LogP contribution < -0.4 is 5.32 Å². The summed E-state index contributed by atoms with van der Waals surface area (Å²) in [5.41, 5.74) is 0.883. The van der Waals surface area contributed by atoms with E-state index in [9.17, 15) is 8.42 Å². The van der Waals surface area contributed by atoms with Crippen LogP contribution in [0.2, 0.25) is 5.02 Å². The molecule has 1 aromatic carbocycles. The molecule has 7 heteroatoms. The Bertz CT molecular complexity index is 561. The van der Waals surface area contributed by atoms with Crippen molar-refractivity contribution in [3.63, 3.8) is 0 Å². The molecule has 0 amide bonds. The molecule has 0 aliphatic rings. The Morgan fingerprint density at radius 3 is 2.38 bits per heavy atom. The van der Waals surface area contributed by atoms with Gasteiger partial charge >= 0.3 is 0 Å². The molecule has 0 saturated carbocycles. The van der Waals surface area contributed by atoms with E-state index in [4.69, 9.17) is 11.6 Å². The molecule has 5 nitrogen and oxygen atoms in total. The third-order valence-electron chi connectivity index (χ3n) is 3.18. The highest BCUT2D eigenvalue weighted by Crippen LogP contribution is 2.23. The number of hydrogen-bond donors (Lipinski definition) is 1. The largest absolute Gasteiger partial charge is 0.316 e. The van der Waals surface area contributed by atoms with E-state index in [0.717, 1.165) is 18.5 Å². The Hall–Kier alpha value is -0.660. The third kappa shape index (κ3) is 5.23. The minimum Gasteiger partial charge on any atom is -0.316 e. The number of rotatable bonds is 8. The van der Waals surface area contributed by atoms with E-state index < -0.39 is 10.0 Å². The van der Waals surface area contributed by atoms with Crippen LogP contribution >= 0.6 is 11.6 Å². The molecule has 0 radical (unpaired) electrons. The number of nitrogens with one attached hydrogen (secondary N) is 1. The second-order valence-corrected chi connectivity index (χ2v) is 7.72. The van der Waals surface area contributed by atoms with Crippen molar-refractivity contribution in [2.45, 2.75) is 17.9 Å². The van der Waals surface area contributed by atoms with Crippen molar-refractivity contribution in [2.75, 3.05) is 41.3 Å². The summed E-state index contributed by atoms with van der Waals surface area (Å²) in [6.45, 7) is 1.94. The maximum Gasteiger partial charge on any atom is 0.242 e. The molecule has 21 heavy (non-hydrogen) atoms. The van der Waals surface area contributed by atoms with E-state index in [1.807, 2.05) is 26.0 Å². The smallest absolute Gasteiger partial charge is 0.242 e. The fourth-order valence-corrected chi connectivity index (χ4v) is 3.48. The van der Waals surface area contributed by atoms with E-state index in [1.165, 1.54) is 10.4 Å². The molecule has 0 heterocycles. The Morgan fingerprint density at radius 2 is 1.86 bits per heavy atom. The Morgan fingerprint density at radius 1 is 1.19 bits per heavy atom. The molecule has 120 valence electrons. The van der Waals surface area contributed by atoms with Crippen LogP contribution in [-0.4, -0.2) is 58.9 Å². The molecule has 0 unspecified atom stereocenters. The van der Waals surface area contributed by atoms with Gasteiger partial charge in [-0.1, -0.05) is 17.7 Å². The monoisotopic (exact) mass is 333 g/mol. The molecule has 1 rings (SSSR count). The van der Waals surface area contributed by atoms with Crippen molar-refractivity contribution < 1.29 is 8.42 Å². The normalized spacial score (nSPS) is 12.3. The standard InChI is InChI=1S/C14H24ClN3O2S/c1-16-11-12-6-7-13(10-14(12)15)21(19,20)18(4)9-5-8-17(2)3/h6-7,10,16H,5,8-9,11H2,1-4H3. The molecule has 0 aromatic heterocycles. The first-order valence-electron chi connectivity index (χ1n) is 6.83. The van der Waals surface area contributed by atoms with Crippen molar-refractivity contribution in [3.8, 4) is 0 Å². The molecular weight excluding hydrogens is 310 g/mol. The summed E-state index contributed by atoms with van der Waals surface area (Å²) in [4.78, 5) is 2.27. The maximum atomic E-state index is 12.5. The fraction of sp³-hybridized carbons (Fsp3) is 0.571. The number of hydrogen-bond acceptors (Lipinski definition) is 4. The summed E-state index contributed by atoms with van der Waals surface area (Å²) in [6, 6.07) is 4.88. The lowest BCUT2D eigenvalue weighted by Gasteiger charge is -2.19. The van der Waals surface area contributed by atoms with Crippen LogP contribution in [0.1, 0.15) is 12.0 Å². The van der Waals surface area contributed by atoms with Gasteiger partial charge in [-0.15, -0.1) is 0 Å². The van der Waals surface area contributed by atoms with Crippen LogP contribution in [0, 0.1) is 0 Å². The number of sulfonamides is 1. The number of halogens is 1. The Kier molecular flexibility index (Phi) is 7.09. The fourth-order valence-electron chi connectivity index (χ4n) is 1.93. The van der Waals surface area contributed by atoms with Gasteiger partial charge in [0.2, 0.25) is 10.0 Å². The van der Waals surface area contributed by atoms with E-state index in [2.05, 4.69) is 5.32 Å². The van der Waals surface area contributed by atoms with Gasteiger partial charge in [0.25, 0.3) is 0 Å². The first-order chi connectivity index (χ1) is 9.78. The molecule has 0 atom stereocenters. The van der Waals surface area contributed by atoms with Crippen molar-refractivity contribution >= 4 is 21.6 Å². The Labute approximate surface area is 132 Å². The van der Waals surface area contributed by atoms with Crippen molar-refractivity contribution in [1.29, 1.82) is 0 Å². The minimum atomic E-state index is -3.48. The van der Waals surface area contributed by atoms with Crippen LogP contribution in [-0.2, 0) is 16.6 Å². The molecule has 0 fully saturated rings. The SMILES string of the molecule is CNCc1ccc(S(=O)(=O)N(C)CCCN(C)C)cc1Cl. The lowest BCUT2D eigenvalue weighted by molar-refractivity contribution is 0.370. The molecule has 1 aromatic rings. The second kappa shape index (κ2) is 8.10. The Balaban J connectivity index is 2.84. The van der Waals surface area contributed by atoms with Gasteiger partial charge < -0.3 is 10.2 Å². The highest BCUT2D eigenvalue weighted by Gasteiger charge is 2.21. The summed E-state index contributed by atoms with van der Waals surface area (Å²) >= 11 is 6.14. The maximum absolute atomic E-state index is 12.5. The average molecular weight is 334 g/mol. The van der Waals surface area contributed by atoms with Gasteiger partial charge in [0, 0.05) is 25.2 Å². The van der Waals surface area contributed by atoms with Crippen molar-refractivity contribution in [3.05, 3.63) is 28.8 Å². The van der Waals surface area contributed by atoms with Crippen molar-refractivity contribution in [2.24, 2.45) is 0 Å². The highest BCUT2D eigenvalue weighted by atomic mass is 35.5. The van der Waals surface area contributed by atoms with E-state index in [0.29, 0.717) is 18.1 Å². The van der Waals surface area contributed by atoms with Gasteiger partial charge in [0.1, 0.15) is 0 Å². The van der Waals surface area contributed by atoms with Crippen LogP contribution in [0.5, 0.6) is 0 Å². The van der Waals surface area contributed by atoms with Gasteiger partial charge in [-0.05, 0) is 51.8 Å². The summed E-state index contributed by atoms with van der Waals surface area (Å²) < 4.78 is 26.3. The third-order valence-corrected chi connectivity index (χ3v) is 5.38. The second-order valence-electron chi connectivity index (χ2n) is 5.27. The first-order valence-corrected chi connectivity index (χ1v) is 8.65. The zero-order valence-corrected chi connectivity index (χ0v) is 14.6. The molecule has 0 aliphatic heterocycles. The molecule has 0 aliphatic carbocycles. The molecule has 0 spiro atoms. The van der Waals surface area contributed by atoms with E-state index in [-0.39, 0.29) is 4.90 Å². The average Bonchev–Trinajstić information content (AvgIpc) is 2.40. The highest BCUT2D eigenvalue weighted by molar-refractivity contribution is 7.89. The predicted molar refractivity (Wildman–Crippen MR) is 87.2 cm³/mol. The van der Waals surface area contributed by atoms with E-state index in [1.54, 1.807) is 19.2 Å². The predicted octanol–water partition coefficient (Wildman–Crippen LogP) is 1.63. The number of nitrogens with zero attached hydrogens (tertiary/aromatic N) is 2. The summed E-state index contributed by atoms with van der Waals surface area (Å²) in [7, 11) is 3.87.